The molecule has 2 aliphatic rings. The number of fused-ring (bicyclic) bond motifs is 2. The molecular formula is C38H24N9O13S3-3. The van der Waals surface area contributed by atoms with Crippen molar-refractivity contribution in [3.8, 4) is 11.1 Å². The number of allylic oxidation sites excluding steroid dienone is 2. The Hall–Kier alpha value is -7.81. The van der Waals surface area contributed by atoms with Crippen molar-refractivity contribution in [2.75, 3.05) is 22.3 Å². The molecule has 0 aromatic heterocycles. The summed E-state index contributed by atoms with van der Waals surface area (Å²) in [6, 6.07) is 21.9. The summed E-state index contributed by atoms with van der Waals surface area (Å²) in [5, 5.41) is 26.3. The number of hydrazone groups is 2. The molecule has 7 rings (SSSR count). The van der Waals surface area contributed by atoms with E-state index in [1.165, 1.54) is 42.5 Å². The normalized spacial score (nSPS) is 15.5. The van der Waals surface area contributed by atoms with Crippen LogP contribution in [0, 0.1) is 10.1 Å². The van der Waals surface area contributed by atoms with Gasteiger partial charge < -0.3 is 25.1 Å². The fourth-order valence-corrected chi connectivity index (χ4v) is 8.21. The molecule has 2 aliphatic carbocycles. The molecule has 5 aromatic carbocycles. The van der Waals surface area contributed by atoms with Crippen molar-refractivity contribution in [1.29, 1.82) is 0 Å². The molecule has 5 aromatic rings. The molecule has 0 amide bonds. The van der Waals surface area contributed by atoms with Crippen LogP contribution >= 0.6 is 0 Å². The zero-order valence-electron chi connectivity index (χ0n) is 31.3. The second kappa shape index (κ2) is 16.2. The van der Waals surface area contributed by atoms with Gasteiger partial charge in [-0.25, -0.2) is 25.3 Å². The average molecular weight is 911 g/mol. The maximum atomic E-state index is 13.8. The van der Waals surface area contributed by atoms with E-state index in [1.54, 1.807) is 24.3 Å². The highest BCUT2D eigenvalue weighted by molar-refractivity contribution is 7.91. The smallest absolute Gasteiger partial charge is 0.269 e. The molecule has 0 aliphatic heterocycles. The highest BCUT2D eigenvalue weighted by atomic mass is 32.2. The Morgan fingerprint density at radius 1 is 0.587 bits per heavy atom. The van der Waals surface area contributed by atoms with Crippen molar-refractivity contribution in [3.63, 3.8) is 0 Å². The van der Waals surface area contributed by atoms with Gasteiger partial charge in [0.25, 0.3) is 5.69 Å². The molecule has 63 heavy (non-hydrogen) atoms. The first kappa shape index (κ1) is 43.3. The van der Waals surface area contributed by atoms with Crippen molar-refractivity contribution in [3.05, 3.63) is 139 Å². The van der Waals surface area contributed by atoms with Crippen LogP contribution in [0.3, 0.4) is 0 Å². The first-order valence-electron chi connectivity index (χ1n) is 17.4. The van der Waals surface area contributed by atoms with Gasteiger partial charge in [-0.1, -0.05) is 36.4 Å². The summed E-state index contributed by atoms with van der Waals surface area (Å²) in [6.45, 7) is 0. The lowest BCUT2D eigenvalue weighted by Crippen LogP contribution is -2.28. The predicted molar refractivity (Wildman–Crippen MR) is 225 cm³/mol. The molecule has 0 heterocycles. The van der Waals surface area contributed by atoms with Gasteiger partial charge in [-0.3, -0.25) is 30.6 Å². The van der Waals surface area contributed by atoms with Crippen molar-refractivity contribution < 1.29 is 53.4 Å². The molecule has 6 N–H and O–H groups in total. The highest BCUT2D eigenvalue weighted by Gasteiger charge is 2.34. The van der Waals surface area contributed by atoms with E-state index in [2.05, 4.69) is 31.3 Å². The van der Waals surface area contributed by atoms with Gasteiger partial charge in [-0.05, 0) is 82.9 Å². The van der Waals surface area contributed by atoms with Crippen LogP contribution in [0.2, 0.25) is 0 Å². The summed E-state index contributed by atoms with van der Waals surface area (Å²) in [6.07, 6.45) is 1.65. The number of nitro groups is 1. The number of hydrogen-bond donors (Lipinski definition) is 4. The number of non-ortho nitro benzene ring substituents is 1. The molecule has 0 saturated carbocycles. The van der Waals surface area contributed by atoms with E-state index in [-0.39, 0.29) is 33.9 Å². The number of ketones is 2. The van der Waals surface area contributed by atoms with E-state index in [0.717, 1.165) is 30.3 Å². The first-order chi connectivity index (χ1) is 29.6. The topological polar surface area (TPSA) is 374 Å². The van der Waals surface area contributed by atoms with Crippen molar-refractivity contribution in [2.45, 2.75) is 4.90 Å². The molecule has 0 saturated heterocycles. The lowest BCUT2D eigenvalue weighted by Gasteiger charge is -2.23. The number of nitro benzene ring substituents is 1. The van der Waals surface area contributed by atoms with E-state index < -0.39 is 95.5 Å². The van der Waals surface area contributed by atoms with Crippen molar-refractivity contribution in [1.82, 2.24) is 0 Å². The molecule has 0 unspecified atom stereocenters. The standard InChI is InChI=1S/C38H27N9O13S3/c39-27-3-1-2-21-16-29(62(55,56)57)35(37(48)31(21)27)45-42-23-8-4-19(5-9-23)20-6-10-24(11-7-20)43-46-36-30(63(58,59)60)18-22-17-28(61(52,53)54)34(33(40)32(22)38(36)49)44-41-25-12-14-26(15-13-25)47(50)51/h1-18,42-43H,39-40H2,(H,52,53,54)(H,55,56,57)(H,58,59,60)/p-3. The Morgan fingerprint density at radius 3 is 1.56 bits per heavy atom. The van der Waals surface area contributed by atoms with Crippen LogP contribution in [0.25, 0.3) is 23.3 Å². The molecular weight excluding hydrogens is 887 g/mol. The van der Waals surface area contributed by atoms with Crippen molar-refractivity contribution >= 4 is 105 Å². The Morgan fingerprint density at radius 2 is 1.08 bits per heavy atom. The second-order valence-corrected chi connectivity index (χ2v) is 17.3. The number of hydrogen-bond acceptors (Lipinski definition) is 21. The Labute approximate surface area is 355 Å². The quantitative estimate of drug-likeness (QED) is 0.0452. The summed E-state index contributed by atoms with van der Waals surface area (Å²) in [7, 11) is -16.0. The first-order valence-corrected chi connectivity index (χ1v) is 21.6. The highest BCUT2D eigenvalue weighted by Crippen LogP contribution is 2.41. The number of azo groups is 1. The minimum absolute atomic E-state index is 0.00950. The Kier molecular flexibility index (Phi) is 11.2. The maximum Gasteiger partial charge on any atom is 0.269 e. The predicted octanol–water partition coefficient (Wildman–Crippen LogP) is 4.85. The van der Waals surface area contributed by atoms with Gasteiger partial charge in [-0.15, -0.1) is 5.11 Å². The van der Waals surface area contributed by atoms with Crippen LogP contribution in [-0.4, -0.2) is 66.8 Å². The molecule has 25 heteroatoms. The number of carbonyl (C=O) groups is 2. The Bertz CT molecular complexity index is 3310. The van der Waals surface area contributed by atoms with Crippen LogP contribution in [0.4, 0.5) is 39.8 Å². The van der Waals surface area contributed by atoms with Gasteiger partial charge >= 0.3 is 0 Å². The van der Waals surface area contributed by atoms with Gasteiger partial charge in [-0.2, -0.15) is 15.3 Å². The van der Waals surface area contributed by atoms with Gasteiger partial charge in [0.2, 0.25) is 11.6 Å². The van der Waals surface area contributed by atoms with Crippen molar-refractivity contribution in [2.24, 2.45) is 20.4 Å². The molecule has 0 bridgehead atoms. The molecule has 22 nitrogen and oxygen atoms in total. The molecule has 0 atom stereocenters. The summed E-state index contributed by atoms with van der Waals surface area (Å²) < 4.78 is 110. The largest absolute Gasteiger partial charge is 0.744 e. The third kappa shape index (κ3) is 8.84. The lowest BCUT2D eigenvalue weighted by molar-refractivity contribution is -0.384. The van der Waals surface area contributed by atoms with Gasteiger partial charge in [0.1, 0.15) is 47.5 Å². The van der Waals surface area contributed by atoms with E-state index >= 15 is 0 Å². The maximum absolute atomic E-state index is 13.8. The van der Waals surface area contributed by atoms with Crippen LogP contribution in [-0.2, 0) is 30.4 Å². The molecule has 320 valence electrons. The summed E-state index contributed by atoms with van der Waals surface area (Å²) in [5.41, 5.74) is 14.5. The van der Waals surface area contributed by atoms with E-state index in [0.29, 0.717) is 29.0 Å². The Balaban J connectivity index is 1.13. The van der Waals surface area contributed by atoms with Crippen LogP contribution in [0.5, 0.6) is 0 Å². The number of carbonyl (C=O) groups excluding carboxylic acids is 2. The molecule has 0 fully saturated rings. The number of Topliss-reactive ketones (excluding diaryl/α,β-unsaturated/α-hetero) is 2. The molecule has 0 radical (unpaired) electrons. The molecule has 0 spiro atoms. The number of anilines is 4. The van der Waals surface area contributed by atoms with Gasteiger partial charge in [0.15, 0.2) is 0 Å². The van der Waals surface area contributed by atoms with Crippen LogP contribution in [0.15, 0.2) is 132 Å². The number of rotatable bonds is 11. The minimum Gasteiger partial charge on any atom is -0.744 e. The third-order valence-corrected chi connectivity index (χ3v) is 11.8. The number of nitrogens with two attached hydrogens (primary N) is 2. The summed E-state index contributed by atoms with van der Waals surface area (Å²) >= 11 is 0. The summed E-state index contributed by atoms with van der Waals surface area (Å²) in [5.74, 6) is -2.14. The summed E-state index contributed by atoms with van der Waals surface area (Å²) in [4.78, 5) is 34.1. The third-order valence-electron chi connectivity index (χ3n) is 9.22. The van der Waals surface area contributed by atoms with E-state index in [4.69, 9.17) is 11.5 Å². The number of nitrogen functional groups attached to an aromatic ring is 2. The fourth-order valence-electron chi connectivity index (χ4n) is 6.26. The number of nitrogens with one attached hydrogen (secondary N) is 2. The van der Waals surface area contributed by atoms with E-state index in [1.807, 2.05) is 0 Å². The minimum atomic E-state index is -5.48. The van der Waals surface area contributed by atoms with E-state index in [9.17, 15) is 58.6 Å². The zero-order valence-corrected chi connectivity index (χ0v) is 33.8. The second-order valence-electron chi connectivity index (χ2n) is 13.2. The van der Waals surface area contributed by atoms with Crippen LogP contribution < -0.4 is 22.3 Å². The number of nitrogens with zero attached hydrogens (tertiary/aromatic N) is 5. The zero-order chi connectivity index (χ0) is 45.6. The lowest BCUT2D eigenvalue weighted by atomic mass is 9.92. The average Bonchev–Trinajstić information content (AvgIpc) is 3.21. The van der Waals surface area contributed by atoms with Gasteiger partial charge in [0.05, 0.1) is 53.5 Å². The van der Waals surface area contributed by atoms with Gasteiger partial charge in [0, 0.05) is 17.8 Å². The fraction of sp³-hybridized carbons (Fsp3) is 0. The SMILES string of the molecule is Nc1cccc2c1C(=O)C(=NNc1ccc(-c3ccc(NN=C4C(=O)c5c(cc(S(=O)(=O)[O-])c(N=Nc6ccc([N+](=O)[O-])cc6)c5N)C=C4S(=O)(=O)[O-])cc3)cc1)C(S(=O)(=O)[O-])=C2. The monoisotopic (exact) mass is 910 g/mol. The number of benzene rings is 5. The van der Waals surface area contributed by atoms with Crippen LogP contribution in [0.1, 0.15) is 31.8 Å².